The van der Waals surface area contributed by atoms with Gasteiger partial charge in [-0.15, -0.1) is 5.10 Å². The molecular weight excluding hydrogens is 328 g/mol. The van der Waals surface area contributed by atoms with Crippen LogP contribution >= 0.6 is 0 Å². The average molecular weight is 361 g/mol. The number of nitrogens with zero attached hydrogens (tertiary/aromatic N) is 5. The molecule has 1 saturated carbocycles. The Kier molecular flexibility index (Phi) is 5.27. The van der Waals surface area contributed by atoms with E-state index < -0.39 is 0 Å². The number of amides is 1. The first-order chi connectivity index (χ1) is 12.6. The molecule has 0 radical (unpaired) electrons. The molecular formula is C19H32N6O. The van der Waals surface area contributed by atoms with E-state index in [2.05, 4.69) is 31.6 Å². The summed E-state index contributed by atoms with van der Waals surface area (Å²) >= 11 is 0. The topological polar surface area (TPSA) is 66.3 Å². The summed E-state index contributed by atoms with van der Waals surface area (Å²) in [5.74, 6) is 1.01. The Balaban J connectivity index is 1.33. The summed E-state index contributed by atoms with van der Waals surface area (Å²) in [6.07, 6.45) is 9.18. The van der Waals surface area contributed by atoms with Gasteiger partial charge in [-0.1, -0.05) is 18.1 Å². The van der Waals surface area contributed by atoms with E-state index >= 15 is 0 Å². The van der Waals surface area contributed by atoms with Crippen LogP contribution in [0.5, 0.6) is 0 Å². The first-order valence-corrected chi connectivity index (χ1v) is 10.2. The molecule has 1 N–H and O–H groups in total. The summed E-state index contributed by atoms with van der Waals surface area (Å²) < 4.78 is 1.98. The van der Waals surface area contributed by atoms with Gasteiger partial charge in [-0.05, 0) is 52.2 Å². The first kappa shape index (κ1) is 17.9. The predicted octanol–water partition coefficient (Wildman–Crippen LogP) is 1.11. The van der Waals surface area contributed by atoms with Crippen molar-refractivity contribution < 1.29 is 4.79 Å². The molecule has 3 saturated heterocycles. The average Bonchev–Trinajstić information content (AvgIpc) is 3.27. The van der Waals surface area contributed by atoms with Crippen molar-refractivity contribution in [1.29, 1.82) is 0 Å². The van der Waals surface area contributed by atoms with Gasteiger partial charge in [0.25, 0.3) is 0 Å². The number of aromatic nitrogens is 3. The largest absolute Gasteiger partial charge is 0.353 e. The fourth-order valence-electron chi connectivity index (χ4n) is 5.04. The number of hydrogen-bond donors (Lipinski definition) is 1. The van der Waals surface area contributed by atoms with Gasteiger partial charge in [0.15, 0.2) is 0 Å². The van der Waals surface area contributed by atoms with E-state index in [0.29, 0.717) is 23.9 Å². The standard InChI is InChI=1S/C19H32N6O/c1-23(2)10-16-11-25(22-21-16)12-17-9-14-7-8-24(17)13-18(14)19(26)20-15-5-3-4-6-15/h11,14-15,17-18H,3-10,12-13H2,1-2H3,(H,20,26)/t14-,17+,18-/m0/s1. The van der Waals surface area contributed by atoms with Crippen LogP contribution in [0.1, 0.15) is 44.2 Å². The predicted molar refractivity (Wildman–Crippen MR) is 99.4 cm³/mol. The molecule has 1 aliphatic carbocycles. The zero-order valence-electron chi connectivity index (χ0n) is 16.1. The van der Waals surface area contributed by atoms with Gasteiger partial charge in [0.05, 0.1) is 18.2 Å². The Morgan fingerprint density at radius 2 is 2.12 bits per heavy atom. The van der Waals surface area contributed by atoms with E-state index in [9.17, 15) is 4.79 Å². The minimum Gasteiger partial charge on any atom is -0.353 e. The molecule has 4 fully saturated rings. The van der Waals surface area contributed by atoms with Crippen LogP contribution in [0.2, 0.25) is 0 Å². The highest BCUT2D eigenvalue weighted by Gasteiger charge is 2.43. The number of fused-ring (bicyclic) bond motifs is 3. The van der Waals surface area contributed by atoms with Crippen molar-refractivity contribution in [2.45, 2.75) is 63.7 Å². The van der Waals surface area contributed by atoms with Crippen molar-refractivity contribution in [1.82, 2.24) is 30.1 Å². The molecule has 4 heterocycles. The van der Waals surface area contributed by atoms with Gasteiger partial charge in [0, 0.05) is 31.4 Å². The van der Waals surface area contributed by atoms with E-state index in [-0.39, 0.29) is 5.92 Å². The van der Waals surface area contributed by atoms with Crippen molar-refractivity contribution in [3.63, 3.8) is 0 Å². The van der Waals surface area contributed by atoms with Crippen LogP contribution < -0.4 is 5.32 Å². The lowest BCUT2D eigenvalue weighted by Crippen LogP contribution is -2.58. The number of carbonyl (C=O) groups excluding carboxylic acids is 1. The number of carbonyl (C=O) groups is 1. The third-order valence-electron chi connectivity index (χ3n) is 6.38. The van der Waals surface area contributed by atoms with Gasteiger partial charge in [0.1, 0.15) is 0 Å². The lowest BCUT2D eigenvalue weighted by molar-refractivity contribution is -0.133. The van der Waals surface area contributed by atoms with Crippen LogP contribution in [0.15, 0.2) is 6.20 Å². The monoisotopic (exact) mass is 360 g/mol. The SMILES string of the molecule is CN(C)Cc1cn(C[C@H]2C[C@@H]3CCN2C[C@@H]3C(=O)NC2CCCC2)nn1. The Morgan fingerprint density at radius 3 is 2.81 bits per heavy atom. The Bertz CT molecular complexity index is 623. The number of nitrogens with one attached hydrogen (secondary N) is 1. The second-order valence-electron chi connectivity index (χ2n) is 8.70. The molecule has 1 amide bonds. The van der Waals surface area contributed by atoms with Crippen LogP contribution in [0.3, 0.4) is 0 Å². The maximum absolute atomic E-state index is 12.7. The van der Waals surface area contributed by atoms with Gasteiger partial charge < -0.3 is 10.2 Å². The highest BCUT2D eigenvalue weighted by atomic mass is 16.2. The Morgan fingerprint density at radius 1 is 1.31 bits per heavy atom. The van der Waals surface area contributed by atoms with Crippen LogP contribution in [-0.2, 0) is 17.9 Å². The number of hydrogen-bond acceptors (Lipinski definition) is 5. The molecule has 7 heteroatoms. The van der Waals surface area contributed by atoms with Gasteiger partial charge >= 0.3 is 0 Å². The molecule has 4 aliphatic rings. The summed E-state index contributed by atoms with van der Waals surface area (Å²) in [7, 11) is 4.09. The zero-order valence-corrected chi connectivity index (χ0v) is 16.1. The highest BCUT2D eigenvalue weighted by molar-refractivity contribution is 5.79. The van der Waals surface area contributed by atoms with E-state index in [0.717, 1.165) is 57.6 Å². The summed E-state index contributed by atoms with van der Waals surface area (Å²) in [5, 5.41) is 11.9. The fraction of sp³-hybridized carbons (Fsp3) is 0.842. The third-order valence-corrected chi connectivity index (χ3v) is 6.38. The molecule has 144 valence electrons. The molecule has 0 aromatic carbocycles. The number of piperidine rings is 3. The van der Waals surface area contributed by atoms with E-state index in [1.807, 2.05) is 18.8 Å². The molecule has 1 aromatic rings. The van der Waals surface area contributed by atoms with Crippen LogP contribution in [0.25, 0.3) is 0 Å². The molecule has 1 unspecified atom stereocenters. The number of rotatable bonds is 6. The van der Waals surface area contributed by atoms with Crippen molar-refractivity contribution in [3.05, 3.63) is 11.9 Å². The smallest absolute Gasteiger partial charge is 0.224 e. The molecule has 3 aliphatic heterocycles. The van der Waals surface area contributed by atoms with E-state index in [1.54, 1.807) is 0 Å². The Hall–Kier alpha value is -1.47. The normalized spacial score (nSPS) is 31.7. The summed E-state index contributed by atoms with van der Waals surface area (Å²) in [6, 6.07) is 0.914. The minimum atomic E-state index is 0.181. The fourth-order valence-corrected chi connectivity index (χ4v) is 5.04. The lowest BCUT2D eigenvalue weighted by Gasteiger charge is -2.49. The van der Waals surface area contributed by atoms with Gasteiger partial charge in [-0.3, -0.25) is 14.4 Å². The van der Waals surface area contributed by atoms with Gasteiger partial charge in [-0.25, -0.2) is 0 Å². The maximum Gasteiger partial charge on any atom is 0.224 e. The molecule has 5 rings (SSSR count). The van der Waals surface area contributed by atoms with Gasteiger partial charge in [0.2, 0.25) is 5.91 Å². The molecule has 1 aromatic heterocycles. The molecule has 0 spiro atoms. The van der Waals surface area contributed by atoms with Crippen LogP contribution in [0.4, 0.5) is 0 Å². The maximum atomic E-state index is 12.7. The highest BCUT2D eigenvalue weighted by Crippen LogP contribution is 2.37. The van der Waals surface area contributed by atoms with Crippen LogP contribution in [-0.4, -0.2) is 70.0 Å². The van der Waals surface area contributed by atoms with E-state index in [4.69, 9.17) is 0 Å². The Labute approximate surface area is 156 Å². The second-order valence-corrected chi connectivity index (χ2v) is 8.70. The quantitative estimate of drug-likeness (QED) is 0.823. The van der Waals surface area contributed by atoms with Crippen molar-refractivity contribution in [2.75, 3.05) is 27.2 Å². The minimum absolute atomic E-state index is 0.181. The van der Waals surface area contributed by atoms with Crippen molar-refractivity contribution >= 4 is 5.91 Å². The molecule has 26 heavy (non-hydrogen) atoms. The van der Waals surface area contributed by atoms with Gasteiger partial charge in [-0.2, -0.15) is 0 Å². The summed E-state index contributed by atoms with van der Waals surface area (Å²) in [6.45, 7) is 3.73. The van der Waals surface area contributed by atoms with Crippen LogP contribution in [0, 0.1) is 11.8 Å². The van der Waals surface area contributed by atoms with Crippen molar-refractivity contribution in [3.8, 4) is 0 Å². The third kappa shape index (κ3) is 3.93. The molecule has 4 atom stereocenters. The summed E-state index contributed by atoms with van der Waals surface area (Å²) in [5.41, 5.74) is 1.01. The molecule has 2 bridgehead atoms. The van der Waals surface area contributed by atoms with Crippen molar-refractivity contribution in [2.24, 2.45) is 11.8 Å². The lowest BCUT2D eigenvalue weighted by atomic mass is 9.75. The second kappa shape index (κ2) is 7.64. The summed E-state index contributed by atoms with van der Waals surface area (Å²) in [4.78, 5) is 17.4. The first-order valence-electron chi connectivity index (χ1n) is 10.2. The molecule has 7 nitrogen and oxygen atoms in total. The van der Waals surface area contributed by atoms with E-state index in [1.165, 1.54) is 12.8 Å². The zero-order chi connectivity index (χ0) is 18.1.